The maximum Gasteiger partial charge on any atom is 0.419 e. The van der Waals surface area contributed by atoms with Crippen LogP contribution in [0.4, 0.5) is 4.79 Å². The molecule has 0 aliphatic heterocycles. The van der Waals surface area contributed by atoms with Gasteiger partial charge in [-0.05, 0) is 39.0 Å². The zero-order chi connectivity index (χ0) is 15.1. The molecule has 0 aliphatic rings. The first kappa shape index (κ1) is 15.2. The summed E-state index contributed by atoms with van der Waals surface area (Å²) in [5.74, 6) is 0. The maximum absolute atomic E-state index is 12.3. The number of hydrogen-bond donors (Lipinski definition) is 1. The van der Waals surface area contributed by atoms with Crippen molar-refractivity contribution in [3.63, 3.8) is 0 Å². The van der Waals surface area contributed by atoms with E-state index < -0.39 is 11.7 Å². The van der Waals surface area contributed by atoms with Gasteiger partial charge >= 0.3 is 6.09 Å². The zero-order valence-corrected chi connectivity index (χ0v) is 12.9. The number of ether oxygens (including phenoxy) is 1. The molecule has 0 fully saturated rings. The van der Waals surface area contributed by atoms with E-state index in [4.69, 9.17) is 27.9 Å². The quantitative estimate of drug-likeness (QED) is 0.857. The lowest BCUT2D eigenvalue weighted by Gasteiger charge is -2.20. The van der Waals surface area contributed by atoms with E-state index in [1.54, 1.807) is 39.0 Å². The fraction of sp³-hybridized carbons (Fsp3) is 0.357. The highest BCUT2D eigenvalue weighted by molar-refractivity contribution is 6.42. The smallest absolute Gasteiger partial charge is 0.419 e. The summed E-state index contributed by atoms with van der Waals surface area (Å²) in [5.41, 5.74) is 0.349. The predicted molar refractivity (Wildman–Crippen MR) is 79.5 cm³/mol. The molecule has 4 nitrogen and oxygen atoms in total. The highest BCUT2D eigenvalue weighted by atomic mass is 35.5. The van der Waals surface area contributed by atoms with Crippen LogP contribution in [0.3, 0.4) is 0 Å². The molecule has 0 aliphatic carbocycles. The molecule has 0 radical (unpaired) electrons. The molecule has 0 amide bonds. The van der Waals surface area contributed by atoms with Crippen LogP contribution in [0, 0.1) is 0 Å². The lowest BCUT2D eigenvalue weighted by Crippen LogP contribution is -2.28. The molecular weight excluding hydrogens is 301 g/mol. The van der Waals surface area contributed by atoms with Gasteiger partial charge in [0, 0.05) is 5.39 Å². The minimum atomic E-state index is -0.628. The molecule has 2 rings (SSSR count). The molecule has 0 atom stereocenters. The van der Waals surface area contributed by atoms with Gasteiger partial charge in [-0.15, -0.1) is 0 Å². The van der Waals surface area contributed by atoms with Crippen molar-refractivity contribution in [1.29, 1.82) is 0 Å². The van der Waals surface area contributed by atoms with E-state index in [0.29, 0.717) is 26.6 Å². The van der Waals surface area contributed by atoms with Gasteiger partial charge in [-0.1, -0.05) is 23.2 Å². The summed E-state index contributed by atoms with van der Waals surface area (Å²) in [5, 5.41) is 10.9. The fourth-order valence-corrected chi connectivity index (χ4v) is 2.23. The number of aliphatic hydroxyl groups is 1. The zero-order valence-electron chi connectivity index (χ0n) is 11.4. The number of hydrogen-bond acceptors (Lipinski definition) is 3. The number of aromatic nitrogens is 1. The Morgan fingerprint density at radius 2 is 1.85 bits per heavy atom. The Bertz CT molecular complexity index is 671. The number of nitrogens with zero attached hydrogens (tertiary/aromatic N) is 1. The molecule has 0 unspecified atom stereocenters. The number of aliphatic hydroxyl groups excluding tert-OH is 1. The SMILES string of the molecule is CC(C)(C)OC(=O)n1c(CO)cc2cc(Cl)c(Cl)cc21. The van der Waals surface area contributed by atoms with Crippen molar-refractivity contribution in [2.24, 2.45) is 0 Å². The molecule has 1 aromatic heterocycles. The van der Waals surface area contributed by atoms with Gasteiger partial charge in [0.05, 0.1) is 27.9 Å². The van der Waals surface area contributed by atoms with Gasteiger partial charge in [-0.3, -0.25) is 0 Å². The second-order valence-electron chi connectivity index (χ2n) is 5.43. The van der Waals surface area contributed by atoms with Crippen LogP contribution in [0.1, 0.15) is 26.5 Å². The summed E-state index contributed by atoms with van der Waals surface area (Å²) in [7, 11) is 0. The molecule has 1 aromatic carbocycles. The Balaban J connectivity index is 2.61. The average molecular weight is 316 g/mol. The number of carbonyl (C=O) groups is 1. The van der Waals surface area contributed by atoms with Gasteiger partial charge in [0.1, 0.15) is 5.60 Å². The molecule has 0 bridgehead atoms. The van der Waals surface area contributed by atoms with E-state index in [9.17, 15) is 9.90 Å². The monoisotopic (exact) mass is 315 g/mol. The van der Waals surface area contributed by atoms with Crippen LogP contribution in [-0.2, 0) is 11.3 Å². The summed E-state index contributed by atoms with van der Waals surface area (Å²) < 4.78 is 6.65. The highest BCUT2D eigenvalue weighted by Crippen LogP contribution is 2.30. The molecular formula is C14H15Cl2NO3. The Labute approximate surface area is 126 Å². The van der Waals surface area contributed by atoms with Crippen molar-refractivity contribution >= 4 is 40.2 Å². The average Bonchev–Trinajstić information content (AvgIpc) is 2.65. The lowest BCUT2D eigenvalue weighted by atomic mass is 10.2. The van der Waals surface area contributed by atoms with E-state index in [1.807, 2.05) is 0 Å². The third-order valence-corrected chi connectivity index (χ3v) is 3.38. The van der Waals surface area contributed by atoms with Crippen molar-refractivity contribution in [3.05, 3.63) is 33.9 Å². The second-order valence-corrected chi connectivity index (χ2v) is 6.25. The first-order chi connectivity index (χ1) is 9.23. The van der Waals surface area contributed by atoms with Gasteiger partial charge in [-0.25, -0.2) is 9.36 Å². The number of rotatable bonds is 1. The Morgan fingerprint density at radius 3 is 2.40 bits per heavy atom. The summed E-state index contributed by atoms with van der Waals surface area (Å²) in [6, 6.07) is 4.92. The van der Waals surface area contributed by atoms with E-state index in [-0.39, 0.29) is 6.61 Å². The minimum absolute atomic E-state index is 0.289. The van der Waals surface area contributed by atoms with Crippen LogP contribution >= 0.6 is 23.2 Å². The van der Waals surface area contributed by atoms with Crippen LogP contribution in [0.15, 0.2) is 18.2 Å². The van der Waals surface area contributed by atoms with Crippen molar-refractivity contribution in [3.8, 4) is 0 Å². The third kappa shape index (κ3) is 2.92. The first-order valence-electron chi connectivity index (χ1n) is 6.06. The van der Waals surface area contributed by atoms with Gasteiger partial charge in [-0.2, -0.15) is 0 Å². The number of fused-ring (bicyclic) bond motifs is 1. The highest BCUT2D eigenvalue weighted by Gasteiger charge is 2.22. The van der Waals surface area contributed by atoms with Gasteiger partial charge < -0.3 is 9.84 Å². The molecule has 1 N–H and O–H groups in total. The predicted octanol–water partition coefficient (Wildman–Crippen LogP) is 4.22. The molecule has 0 saturated carbocycles. The molecule has 20 heavy (non-hydrogen) atoms. The largest absolute Gasteiger partial charge is 0.443 e. The number of benzene rings is 1. The van der Waals surface area contributed by atoms with E-state index >= 15 is 0 Å². The number of carbonyl (C=O) groups excluding carboxylic acids is 1. The topological polar surface area (TPSA) is 51.5 Å². The molecule has 0 spiro atoms. The van der Waals surface area contributed by atoms with Crippen molar-refractivity contribution in [2.45, 2.75) is 33.0 Å². The second kappa shape index (κ2) is 5.28. The summed E-state index contributed by atoms with van der Waals surface area (Å²) in [6.45, 7) is 5.04. The normalized spacial score (nSPS) is 11.9. The third-order valence-electron chi connectivity index (χ3n) is 2.66. The molecule has 6 heteroatoms. The van der Waals surface area contributed by atoms with Gasteiger partial charge in [0.25, 0.3) is 0 Å². The van der Waals surface area contributed by atoms with E-state index in [1.165, 1.54) is 4.57 Å². The van der Waals surface area contributed by atoms with Crippen LogP contribution in [0.2, 0.25) is 10.0 Å². The Kier molecular flexibility index (Phi) is 4.00. The lowest BCUT2D eigenvalue weighted by molar-refractivity contribution is 0.0533. The fourth-order valence-electron chi connectivity index (χ4n) is 1.90. The Hall–Kier alpha value is -1.23. The van der Waals surface area contributed by atoms with Crippen LogP contribution < -0.4 is 0 Å². The first-order valence-corrected chi connectivity index (χ1v) is 6.82. The van der Waals surface area contributed by atoms with Crippen molar-refractivity contribution < 1.29 is 14.6 Å². The van der Waals surface area contributed by atoms with Crippen LogP contribution in [-0.4, -0.2) is 21.4 Å². The Morgan fingerprint density at radius 1 is 1.25 bits per heavy atom. The van der Waals surface area contributed by atoms with E-state index in [0.717, 1.165) is 0 Å². The molecule has 1 heterocycles. The molecule has 0 saturated heterocycles. The number of halogens is 2. The summed E-state index contributed by atoms with van der Waals surface area (Å²) in [6.07, 6.45) is -0.560. The van der Waals surface area contributed by atoms with Crippen molar-refractivity contribution in [1.82, 2.24) is 4.57 Å². The van der Waals surface area contributed by atoms with Crippen LogP contribution in [0.25, 0.3) is 10.9 Å². The van der Waals surface area contributed by atoms with Crippen molar-refractivity contribution in [2.75, 3.05) is 0 Å². The van der Waals surface area contributed by atoms with Gasteiger partial charge in [0.15, 0.2) is 0 Å². The van der Waals surface area contributed by atoms with Gasteiger partial charge in [0.2, 0.25) is 0 Å². The summed E-state index contributed by atoms with van der Waals surface area (Å²) >= 11 is 11.9. The van der Waals surface area contributed by atoms with Crippen LogP contribution in [0.5, 0.6) is 0 Å². The minimum Gasteiger partial charge on any atom is -0.443 e. The standard InChI is InChI=1S/C14H15Cl2NO3/c1-14(2,3)20-13(19)17-9(7-18)4-8-5-10(15)11(16)6-12(8)17/h4-6,18H,7H2,1-3H3. The maximum atomic E-state index is 12.3. The molecule has 2 aromatic rings. The van der Waals surface area contributed by atoms with E-state index in [2.05, 4.69) is 0 Å². The summed E-state index contributed by atoms with van der Waals surface area (Å²) in [4.78, 5) is 12.3. The molecule has 108 valence electrons.